The Kier molecular flexibility index (Phi) is 9.33. The molecule has 0 atom stereocenters. The van der Waals surface area contributed by atoms with Crippen LogP contribution in [0.2, 0.25) is 0 Å². The van der Waals surface area contributed by atoms with Gasteiger partial charge in [-0.05, 0) is 56.2 Å². The number of ether oxygens (including phenoxy) is 2. The minimum atomic E-state index is -0.722. The maximum atomic E-state index is 13.1. The number of carbonyl (C=O) groups is 3. The number of nitrogens with zero attached hydrogens (tertiary/aromatic N) is 2. The lowest BCUT2D eigenvalue weighted by Gasteiger charge is -2.21. The van der Waals surface area contributed by atoms with Crippen LogP contribution in [-0.2, 0) is 16.1 Å². The third-order valence-corrected chi connectivity index (χ3v) is 6.51. The van der Waals surface area contributed by atoms with Gasteiger partial charge in [-0.3, -0.25) is 14.9 Å². The maximum Gasteiger partial charge on any atom is 0.412 e. The van der Waals surface area contributed by atoms with Gasteiger partial charge in [0.2, 0.25) is 11.8 Å². The number of Topliss-reactive ketones (excluding diaryl/α,β-unsaturated/α-hetero) is 1. The topological polar surface area (TPSA) is 135 Å². The van der Waals surface area contributed by atoms with E-state index >= 15 is 0 Å². The minimum absolute atomic E-state index is 0.296. The second kappa shape index (κ2) is 13.7. The average Bonchev–Trinajstić information content (AvgIpc) is 3.56. The summed E-state index contributed by atoms with van der Waals surface area (Å²) in [7, 11) is 0. The van der Waals surface area contributed by atoms with Crippen LogP contribution in [0.4, 0.5) is 16.2 Å². The van der Waals surface area contributed by atoms with Crippen molar-refractivity contribution >= 4 is 29.2 Å². The summed E-state index contributed by atoms with van der Waals surface area (Å²) >= 11 is 0. The van der Waals surface area contributed by atoms with Crippen molar-refractivity contribution in [3.8, 4) is 28.4 Å². The standard InChI is InChI=1S/C35H33N5O5/c1-35(2,3)45-34(43)40-28-14-12-24(27-13-15-32(38-21-27)44-22-23-8-5-4-6-9-23)19-29(28)39-31(42)20-30(41)25-10-7-11-26(18-25)33-36-16-17-37-33/h4-19,21H,20,22H2,1-3H3,(H,36,37)(H,39,42)(H,40,43). The summed E-state index contributed by atoms with van der Waals surface area (Å²) in [5.74, 6) is 0.174. The predicted octanol–water partition coefficient (Wildman–Crippen LogP) is 7.28. The van der Waals surface area contributed by atoms with Crippen molar-refractivity contribution in [2.45, 2.75) is 39.4 Å². The molecule has 0 radical (unpaired) electrons. The summed E-state index contributed by atoms with van der Waals surface area (Å²) in [5.41, 5.74) is 3.50. The fourth-order valence-electron chi connectivity index (χ4n) is 4.42. The van der Waals surface area contributed by atoms with Gasteiger partial charge in [0.05, 0.1) is 17.8 Å². The minimum Gasteiger partial charge on any atom is -0.473 e. The Balaban J connectivity index is 1.33. The van der Waals surface area contributed by atoms with Crippen molar-refractivity contribution in [2.75, 3.05) is 10.6 Å². The maximum absolute atomic E-state index is 13.1. The van der Waals surface area contributed by atoms with Crippen LogP contribution in [0.25, 0.3) is 22.5 Å². The molecule has 228 valence electrons. The quantitative estimate of drug-likeness (QED) is 0.113. The zero-order valence-electron chi connectivity index (χ0n) is 25.2. The number of imidazole rings is 1. The van der Waals surface area contributed by atoms with Gasteiger partial charge in [-0.1, -0.05) is 54.6 Å². The lowest BCUT2D eigenvalue weighted by atomic mass is 10.0. The highest BCUT2D eigenvalue weighted by molar-refractivity contribution is 6.12. The molecule has 0 aliphatic carbocycles. The van der Waals surface area contributed by atoms with Crippen molar-refractivity contribution in [1.29, 1.82) is 0 Å². The van der Waals surface area contributed by atoms with Gasteiger partial charge in [-0.25, -0.2) is 14.8 Å². The molecule has 0 aliphatic rings. The smallest absolute Gasteiger partial charge is 0.412 e. The highest BCUT2D eigenvalue weighted by Crippen LogP contribution is 2.30. The molecule has 0 bridgehead atoms. The SMILES string of the molecule is CC(C)(C)OC(=O)Nc1ccc(-c2ccc(OCc3ccccc3)nc2)cc1NC(=O)CC(=O)c1cccc(-c2ncc[nH]2)c1. The third-order valence-electron chi connectivity index (χ3n) is 6.51. The van der Waals surface area contributed by atoms with Crippen molar-refractivity contribution in [3.05, 3.63) is 115 Å². The molecule has 0 fully saturated rings. The number of aromatic nitrogens is 3. The van der Waals surface area contributed by atoms with Crippen LogP contribution >= 0.6 is 0 Å². The first-order valence-electron chi connectivity index (χ1n) is 14.3. The number of H-pyrrole nitrogens is 1. The molecular formula is C35H33N5O5. The van der Waals surface area contributed by atoms with Crippen LogP contribution in [0.3, 0.4) is 0 Å². The molecule has 3 aromatic carbocycles. The highest BCUT2D eigenvalue weighted by Gasteiger charge is 2.20. The van der Waals surface area contributed by atoms with Crippen LogP contribution in [0.15, 0.2) is 104 Å². The molecule has 10 nitrogen and oxygen atoms in total. The van der Waals surface area contributed by atoms with Crippen LogP contribution in [0, 0.1) is 0 Å². The first kappa shape index (κ1) is 30.7. The van der Waals surface area contributed by atoms with Gasteiger partial charge in [0.25, 0.3) is 0 Å². The first-order valence-corrected chi connectivity index (χ1v) is 14.3. The summed E-state index contributed by atoms with van der Waals surface area (Å²) in [6, 6.07) is 25.4. The fraction of sp³-hybridized carbons (Fsp3) is 0.171. The van der Waals surface area contributed by atoms with Crippen molar-refractivity contribution in [3.63, 3.8) is 0 Å². The third kappa shape index (κ3) is 8.64. The predicted molar refractivity (Wildman–Crippen MR) is 172 cm³/mol. The lowest BCUT2D eigenvalue weighted by molar-refractivity contribution is -0.115. The van der Waals surface area contributed by atoms with Gasteiger partial charge in [0, 0.05) is 41.3 Å². The van der Waals surface area contributed by atoms with E-state index in [-0.39, 0.29) is 5.78 Å². The normalized spacial score (nSPS) is 11.0. The number of ketones is 1. The summed E-state index contributed by atoms with van der Waals surface area (Å²) < 4.78 is 11.2. The van der Waals surface area contributed by atoms with Crippen molar-refractivity contribution in [1.82, 2.24) is 15.0 Å². The molecule has 2 aromatic heterocycles. The number of rotatable bonds is 10. The molecule has 3 N–H and O–H groups in total. The van der Waals surface area contributed by atoms with Gasteiger partial charge in [0.15, 0.2) is 5.78 Å². The Labute approximate surface area is 260 Å². The number of nitrogens with one attached hydrogen (secondary N) is 3. The largest absolute Gasteiger partial charge is 0.473 e. The Hall–Kier alpha value is -5.77. The average molecular weight is 604 g/mol. The highest BCUT2D eigenvalue weighted by atomic mass is 16.6. The molecule has 5 rings (SSSR count). The van der Waals surface area contributed by atoms with Crippen LogP contribution in [0.1, 0.15) is 43.1 Å². The molecular weight excluding hydrogens is 570 g/mol. The van der Waals surface area contributed by atoms with Crippen LogP contribution < -0.4 is 15.4 Å². The number of hydrogen-bond acceptors (Lipinski definition) is 7. The van der Waals surface area contributed by atoms with E-state index in [0.717, 1.165) is 22.3 Å². The number of amides is 2. The lowest BCUT2D eigenvalue weighted by Crippen LogP contribution is -2.27. The van der Waals surface area contributed by atoms with E-state index in [1.165, 1.54) is 0 Å². The number of aromatic amines is 1. The Morgan fingerprint density at radius 1 is 0.800 bits per heavy atom. The zero-order valence-corrected chi connectivity index (χ0v) is 25.2. The van der Waals surface area contributed by atoms with E-state index < -0.39 is 24.0 Å². The van der Waals surface area contributed by atoms with Gasteiger partial charge < -0.3 is 19.8 Å². The Bertz CT molecular complexity index is 1780. The second-order valence-corrected chi connectivity index (χ2v) is 11.2. The second-order valence-electron chi connectivity index (χ2n) is 11.2. The number of benzene rings is 3. The summed E-state index contributed by atoms with van der Waals surface area (Å²) in [5, 5.41) is 5.48. The van der Waals surface area contributed by atoms with E-state index in [2.05, 4.69) is 25.6 Å². The first-order chi connectivity index (χ1) is 21.6. The van der Waals surface area contributed by atoms with Crippen LogP contribution in [-0.4, -0.2) is 38.3 Å². The van der Waals surface area contributed by atoms with Crippen molar-refractivity contribution in [2.24, 2.45) is 0 Å². The Morgan fingerprint density at radius 2 is 1.60 bits per heavy atom. The van der Waals surface area contributed by atoms with E-state index in [1.807, 2.05) is 42.5 Å². The molecule has 2 amide bonds. The van der Waals surface area contributed by atoms with Gasteiger partial charge >= 0.3 is 6.09 Å². The number of anilines is 2. The molecule has 10 heteroatoms. The van der Waals surface area contributed by atoms with E-state index in [9.17, 15) is 14.4 Å². The van der Waals surface area contributed by atoms with E-state index in [0.29, 0.717) is 35.2 Å². The monoisotopic (exact) mass is 603 g/mol. The number of pyridine rings is 1. The summed E-state index contributed by atoms with van der Waals surface area (Å²) in [6.07, 6.45) is 3.89. The van der Waals surface area contributed by atoms with Gasteiger partial charge in [0.1, 0.15) is 18.0 Å². The van der Waals surface area contributed by atoms with Crippen LogP contribution in [0.5, 0.6) is 5.88 Å². The van der Waals surface area contributed by atoms with Gasteiger partial charge in [-0.15, -0.1) is 0 Å². The zero-order chi connectivity index (χ0) is 31.8. The molecule has 0 aliphatic heterocycles. The fourth-order valence-corrected chi connectivity index (χ4v) is 4.42. The molecule has 0 spiro atoms. The van der Waals surface area contributed by atoms with E-state index in [1.54, 1.807) is 81.8 Å². The molecule has 45 heavy (non-hydrogen) atoms. The molecule has 0 saturated heterocycles. The molecule has 0 saturated carbocycles. The summed E-state index contributed by atoms with van der Waals surface area (Å²) in [4.78, 5) is 50.4. The molecule has 0 unspecified atom stereocenters. The molecule has 5 aromatic rings. The van der Waals surface area contributed by atoms with Gasteiger partial charge in [-0.2, -0.15) is 0 Å². The number of hydrogen-bond donors (Lipinski definition) is 3. The number of carbonyl (C=O) groups excluding carboxylic acids is 3. The molecule has 2 heterocycles. The van der Waals surface area contributed by atoms with E-state index in [4.69, 9.17) is 9.47 Å². The van der Waals surface area contributed by atoms with Crippen molar-refractivity contribution < 1.29 is 23.9 Å². The Morgan fingerprint density at radius 3 is 2.31 bits per heavy atom. The summed E-state index contributed by atoms with van der Waals surface area (Å²) in [6.45, 7) is 5.65.